The van der Waals surface area contributed by atoms with Gasteiger partial charge in [-0.1, -0.05) is 41.5 Å². The minimum absolute atomic E-state index is 0.195. The van der Waals surface area contributed by atoms with E-state index in [9.17, 15) is 9.59 Å². The normalized spacial score (nSPS) is 17.3. The van der Waals surface area contributed by atoms with Crippen LogP contribution >= 0.6 is 0 Å². The predicted octanol–water partition coefficient (Wildman–Crippen LogP) is 2.71. The molecule has 2 unspecified atom stereocenters. The summed E-state index contributed by atoms with van der Waals surface area (Å²) in [6, 6.07) is 0. The van der Waals surface area contributed by atoms with Crippen LogP contribution in [0.15, 0.2) is 0 Å². The average Bonchev–Trinajstić information content (AvgIpc) is 2.15. The molecule has 0 aromatic rings. The van der Waals surface area contributed by atoms with E-state index >= 15 is 0 Å². The maximum Gasteiger partial charge on any atom is 0.125 e. The SMILES string of the molecule is CC(C(C)C(C)(C)C=O)C(C)(C)C=O. The minimum atomic E-state index is -0.361. The Bertz CT molecular complexity index is 192. The van der Waals surface area contributed by atoms with Gasteiger partial charge in [-0.2, -0.15) is 0 Å². The summed E-state index contributed by atoms with van der Waals surface area (Å²) in [5.74, 6) is 0.389. The van der Waals surface area contributed by atoms with E-state index in [1.54, 1.807) is 0 Å². The smallest absolute Gasteiger partial charge is 0.125 e. The monoisotopic (exact) mass is 198 g/mol. The van der Waals surface area contributed by atoms with Crippen LogP contribution in [0.2, 0.25) is 0 Å². The highest BCUT2D eigenvalue weighted by Gasteiger charge is 2.37. The van der Waals surface area contributed by atoms with Crippen LogP contribution in [0, 0.1) is 22.7 Å². The van der Waals surface area contributed by atoms with E-state index in [4.69, 9.17) is 0 Å². The second-order valence-corrected chi connectivity index (χ2v) is 5.46. The molecule has 0 N–H and O–H groups in total. The van der Waals surface area contributed by atoms with Gasteiger partial charge in [0.2, 0.25) is 0 Å². The Morgan fingerprint density at radius 3 is 1.14 bits per heavy atom. The highest BCUT2D eigenvalue weighted by Crippen LogP contribution is 2.38. The fourth-order valence-corrected chi connectivity index (χ4v) is 1.50. The van der Waals surface area contributed by atoms with Crippen LogP contribution in [-0.2, 0) is 9.59 Å². The second kappa shape index (κ2) is 4.24. The second-order valence-electron chi connectivity index (χ2n) is 5.46. The maximum atomic E-state index is 10.9. The molecule has 0 saturated carbocycles. The van der Waals surface area contributed by atoms with Crippen LogP contribution in [0.25, 0.3) is 0 Å². The van der Waals surface area contributed by atoms with E-state index in [1.807, 2.05) is 41.5 Å². The van der Waals surface area contributed by atoms with Gasteiger partial charge in [-0.25, -0.2) is 0 Å². The zero-order chi connectivity index (χ0) is 11.6. The Morgan fingerprint density at radius 1 is 0.786 bits per heavy atom. The van der Waals surface area contributed by atoms with Crippen molar-refractivity contribution >= 4 is 12.6 Å². The molecule has 0 rings (SSSR count). The lowest BCUT2D eigenvalue weighted by atomic mass is 9.65. The number of rotatable bonds is 5. The molecule has 2 atom stereocenters. The Kier molecular flexibility index (Phi) is 4.04. The van der Waals surface area contributed by atoms with Gasteiger partial charge in [0.1, 0.15) is 12.6 Å². The van der Waals surface area contributed by atoms with Crippen molar-refractivity contribution in [3.05, 3.63) is 0 Å². The fraction of sp³-hybridized carbons (Fsp3) is 0.833. The first-order valence-electron chi connectivity index (χ1n) is 5.11. The maximum absolute atomic E-state index is 10.9. The van der Waals surface area contributed by atoms with Gasteiger partial charge >= 0.3 is 0 Å². The summed E-state index contributed by atoms with van der Waals surface area (Å²) in [6.45, 7) is 11.7. The molecule has 0 radical (unpaired) electrons. The molecule has 0 spiro atoms. The number of carbonyl (C=O) groups is 2. The highest BCUT2D eigenvalue weighted by molar-refractivity contribution is 5.61. The molecule has 14 heavy (non-hydrogen) atoms. The van der Waals surface area contributed by atoms with Crippen molar-refractivity contribution in [2.24, 2.45) is 22.7 Å². The topological polar surface area (TPSA) is 34.1 Å². The van der Waals surface area contributed by atoms with Gasteiger partial charge in [0, 0.05) is 10.8 Å². The van der Waals surface area contributed by atoms with Gasteiger partial charge < -0.3 is 9.59 Å². The molecular weight excluding hydrogens is 176 g/mol. The van der Waals surface area contributed by atoms with Crippen molar-refractivity contribution in [3.8, 4) is 0 Å². The van der Waals surface area contributed by atoms with Crippen molar-refractivity contribution < 1.29 is 9.59 Å². The number of aldehydes is 2. The molecule has 0 aliphatic carbocycles. The van der Waals surface area contributed by atoms with Gasteiger partial charge in [-0.15, -0.1) is 0 Å². The van der Waals surface area contributed by atoms with E-state index in [1.165, 1.54) is 0 Å². The lowest BCUT2D eigenvalue weighted by Gasteiger charge is -2.37. The zero-order valence-electron chi connectivity index (χ0n) is 10.1. The Morgan fingerprint density at radius 2 is 1.00 bits per heavy atom. The molecule has 0 aromatic carbocycles. The van der Waals surface area contributed by atoms with Crippen molar-refractivity contribution in [1.82, 2.24) is 0 Å². The summed E-state index contributed by atoms with van der Waals surface area (Å²) < 4.78 is 0. The quantitative estimate of drug-likeness (QED) is 0.636. The lowest BCUT2D eigenvalue weighted by molar-refractivity contribution is -0.123. The van der Waals surface area contributed by atoms with E-state index < -0.39 is 0 Å². The summed E-state index contributed by atoms with van der Waals surface area (Å²) in [5, 5.41) is 0. The molecule has 0 amide bonds. The van der Waals surface area contributed by atoms with Crippen LogP contribution in [0.1, 0.15) is 41.5 Å². The van der Waals surface area contributed by atoms with Gasteiger partial charge in [-0.05, 0) is 11.8 Å². The average molecular weight is 198 g/mol. The molecule has 0 aromatic heterocycles. The van der Waals surface area contributed by atoms with Crippen LogP contribution in [-0.4, -0.2) is 12.6 Å². The van der Waals surface area contributed by atoms with Gasteiger partial charge in [0.05, 0.1) is 0 Å². The number of hydrogen-bond acceptors (Lipinski definition) is 2. The standard InChI is InChI=1S/C12H22O2/c1-9(11(3,4)7-13)10(2)12(5,6)8-14/h7-10H,1-6H3. The van der Waals surface area contributed by atoms with Gasteiger partial charge in [-0.3, -0.25) is 0 Å². The fourth-order valence-electron chi connectivity index (χ4n) is 1.50. The number of carbonyl (C=O) groups excluding carboxylic acids is 2. The first kappa shape index (κ1) is 13.3. The molecule has 2 nitrogen and oxygen atoms in total. The third-order valence-electron chi connectivity index (χ3n) is 3.70. The van der Waals surface area contributed by atoms with Crippen molar-refractivity contribution in [2.75, 3.05) is 0 Å². The summed E-state index contributed by atoms with van der Waals surface area (Å²) in [5.41, 5.74) is -0.723. The molecule has 0 fully saturated rings. The van der Waals surface area contributed by atoms with E-state index in [-0.39, 0.29) is 22.7 Å². The Hall–Kier alpha value is -0.660. The molecule has 0 bridgehead atoms. The van der Waals surface area contributed by atoms with Crippen LogP contribution in [0.3, 0.4) is 0 Å². The van der Waals surface area contributed by atoms with Crippen molar-refractivity contribution in [1.29, 1.82) is 0 Å². The van der Waals surface area contributed by atoms with Crippen molar-refractivity contribution in [2.45, 2.75) is 41.5 Å². The third kappa shape index (κ3) is 2.66. The summed E-state index contributed by atoms with van der Waals surface area (Å²) in [7, 11) is 0. The molecule has 82 valence electrons. The summed E-state index contributed by atoms with van der Waals surface area (Å²) in [4.78, 5) is 21.8. The minimum Gasteiger partial charge on any atom is -0.303 e. The Balaban J connectivity index is 4.78. The molecule has 0 heterocycles. The summed E-state index contributed by atoms with van der Waals surface area (Å²) >= 11 is 0. The predicted molar refractivity (Wildman–Crippen MR) is 58.0 cm³/mol. The highest BCUT2D eigenvalue weighted by atomic mass is 16.1. The lowest BCUT2D eigenvalue weighted by Crippen LogP contribution is -2.37. The molecule has 2 heteroatoms. The van der Waals surface area contributed by atoms with E-state index in [0.717, 1.165) is 12.6 Å². The molecule has 0 aliphatic rings. The molecule has 0 saturated heterocycles. The van der Waals surface area contributed by atoms with Gasteiger partial charge in [0.15, 0.2) is 0 Å². The Labute approximate surface area is 87.1 Å². The van der Waals surface area contributed by atoms with Crippen LogP contribution in [0.4, 0.5) is 0 Å². The van der Waals surface area contributed by atoms with Crippen molar-refractivity contribution in [3.63, 3.8) is 0 Å². The van der Waals surface area contributed by atoms with Crippen LogP contribution < -0.4 is 0 Å². The first-order valence-corrected chi connectivity index (χ1v) is 5.11. The zero-order valence-corrected chi connectivity index (χ0v) is 10.1. The van der Waals surface area contributed by atoms with Gasteiger partial charge in [0.25, 0.3) is 0 Å². The third-order valence-corrected chi connectivity index (χ3v) is 3.70. The van der Waals surface area contributed by atoms with Crippen LogP contribution in [0.5, 0.6) is 0 Å². The van der Waals surface area contributed by atoms with E-state index in [0.29, 0.717) is 0 Å². The molecule has 0 aliphatic heterocycles. The van der Waals surface area contributed by atoms with E-state index in [2.05, 4.69) is 0 Å². The summed E-state index contributed by atoms with van der Waals surface area (Å²) in [6.07, 6.45) is 1.96. The first-order chi connectivity index (χ1) is 6.19. The number of hydrogen-bond donors (Lipinski definition) is 0. The molecular formula is C12H22O2. The largest absolute Gasteiger partial charge is 0.303 e.